The topological polar surface area (TPSA) is 110 Å². The SMILES string of the molecule is O.O=[N+]([O-])c1ccc([C@H](O)[C@H]2CCN3Cc4ccccc4N=C23)cc1. The Morgan fingerprint density at radius 2 is 1.92 bits per heavy atom. The van der Waals surface area contributed by atoms with E-state index in [-0.39, 0.29) is 17.1 Å². The molecule has 7 heteroatoms. The van der Waals surface area contributed by atoms with E-state index in [4.69, 9.17) is 4.99 Å². The number of nitro benzene ring substituents is 1. The summed E-state index contributed by atoms with van der Waals surface area (Å²) in [6.07, 6.45) is 0.116. The predicted octanol–water partition coefficient (Wildman–Crippen LogP) is 2.37. The first kappa shape index (κ1) is 17.1. The van der Waals surface area contributed by atoms with Crippen LogP contribution < -0.4 is 0 Å². The second-order valence-corrected chi connectivity index (χ2v) is 6.21. The van der Waals surface area contributed by atoms with E-state index in [0.29, 0.717) is 5.56 Å². The number of hydrogen-bond acceptors (Lipinski definition) is 5. The fourth-order valence-corrected chi connectivity index (χ4v) is 3.49. The van der Waals surface area contributed by atoms with Crippen LogP contribution in [-0.2, 0) is 6.54 Å². The van der Waals surface area contributed by atoms with Crippen LogP contribution in [0, 0.1) is 16.0 Å². The van der Waals surface area contributed by atoms with Crippen molar-refractivity contribution >= 4 is 17.2 Å². The van der Waals surface area contributed by atoms with E-state index < -0.39 is 11.0 Å². The molecule has 2 aromatic carbocycles. The molecule has 130 valence electrons. The Morgan fingerprint density at radius 3 is 2.64 bits per heavy atom. The first-order chi connectivity index (χ1) is 11.6. The number of rotatable bonds is 3. The lowest BCUT2D eigenvalue weighted by molar-refractivity contribution is -0.384. The number of fused-ring (bicyclic) bond motifs is 2. The van der Waals surface area contributed by atoms with Crippen molar-refractivity contribution in [2.75, 3.05) is 6.54 Å². The number of aliphatic hydroxyl groups is 1. The van der Waals surface area contributed by atoms with Crippen LogP contribution >= 0.6 is 0 Å². The number of hydrogen-bond donors (Lipinski definition) is 1. The average Bonchev–Trinajstić information content (AvgIpc) is 3.02. The third kappa shape index (κ3) is 2.99. The Morgan fingerprint density at radius 1 is 1.20 bits per heavy atom. The summed E-state index contributed by atoms with van der Waals surface area (Å²) in [5, 5.41) is 21.5. The summed E-state index contributed by atoms with van der Waals surface area (Å²) >= 11 is 0. The Balaban J connectivity index is 0.00000182. The van der Waals surface area contributed by atoms with Crippen LogP contribution in [-0.4, -0.2) is 32.8 Å². The third-order valence-electron chi connectivity index (χ3n) is 4.78. The lowest BCUT2D eigenvalue weighted by Crippen LogP contribution is -2.31. The van der Waals surface area contributed by atoms with Crippen LogP contribution in [0.3, 0.4) is 0 Å². The first-order valence-electron chi connectivity index (χ1n) is 7.97. The first-order valence-corrected chi connectivity index (χ1v) is 7.97. The Kier molecular flexibility index (Phi) is 4.52. The van der Waals surface area contributed by atoms with Crippen LogP contribution in [0.1, 0.15) is 23.7 Å². The second kappa shape index (κ2) is 6.62. The summed E-state index contributed by atoms with van der Waals surface area (Å²) in [5.41, 5.74) is 2.88. The molecule has 0 unspecified atom stereocenters. The van der Waals surface area contributed by atoms with Crippen molar-refractivity contribution in [3.8, 4) is 0 Å². The van der Waals surface area contributed by atoms with Crippen molar-refractivity contribution in [2.24, 2.45) is 10.9 Å². The highest BCUT2D eigenvalue weighted by molar-refractivity contribution is 5.91. The zero-order valence-electron chi connectivity index (χ0n) is 13.5. The van der Waals surface area contributed by atoms with Gasteiger partial charge in [0.2, 0.25) is 0 Å². The zero-order chi connectivity index (χ0) is 16.7. The minimum atomic E-state index is -0.709. The van der Waals surface area contributed by atoms with Crippen molar-refractivity contribution in [3.05, 3.63) is 69.8 Å². The summed E-state index contributed by atoms with van der Waals surface area (Å²) in [6.45, 7) is 1.68. The predicted molar refractivity (Wildman–Crippen MR) is 93.7 cm³/mol. The average molecular weight is 341 g/mol. The molecule has 0 aliphatic carbocycles. The maximum absolute atomic E-state index is 10.8. The van der Waals surface area contributed by atoms with Gasteiger partial charge in [-0.1, -0.05) is 18.2 Å². The van der Waals surface area contributed by atoms with Crippen LogP contribution in [0.2, 0.25) is 0 Å². The summed E-state index contributed by atoms with van der Waals surface area (Å²) in [6, 6.07) is 14.2. The standard InChI is InChI=1S/C18H17N3O3.H2O/c22-17(12-5-7-14(8-6-12)21(23)24)15-9-10-20-11-13-3-1-2-4-16(13)19-18(15)20;/h1-8,15,17,22H,9-11H2;1H2/t15-,17+;/m1./s1. The number of nitro groups is 1. The highest BCUT2D eigenvalue weighted by atomic mass is 16.6. The van der Waals surface area contributed by atoms with Crippen molar-refractivity contribution in [1.82, 2.24) is 4.90 Å². The van der Waals surface area contributed by atoms with Crippen molar-refractivity contribution < 1.29 is 15.5 Å². The number of para-hydroxylation sites is 1. The maximum Gasteiger partial charge on any atom is 0.269 e. The molecule has 0 saturated carbocycles. The van der Waals surface area contributed by atoms with Crippen molar-refractivity contribution in [2.45, 2.75) is 19.1 Å². The lowest BCUT2D eigenvalue weighted by Gasteiger charge is -2.28. The minimum absolute atomic E-state index is 0. The third-order valence-corrected chi connectivity index (χ3v) is 4.78. The normalized spacial score (nSPS) is 19.3. The van der Waals surface area contributed by atoms with E-state index in [1.165, 1.54) is 17.7 Å². The molecule has 0 aromatic heterocycles. The highest BCUT2D eigenvalue weighted by Crippen LogP contribution is 2.38. The Bertz CT molecular complexity index is 819. The number of nitrogens with zero attached hydrogens (tertiary/aromatic N) is 3. The maximum atomic E-state index is 10.8. The molecule has 0 bridgehead atoms. The Hall–Kier alpha value is -2.77. The van der Waals surface area contributed by atoms with Crippen LogP contribution in [0.25, 0.3) is 0 Å². The number of benzene rings is 2. The molecule has 4 rings (SSSR count). The van der Waals surface area contributed by atoms with Crippen LogP contribution in [0.5, 0.6) is 0 Å². The van der Waals surface area contributed by atoms with Gasteiger partial charge >= 0.3 is 0 Å². The quantitative estimate of drug-likeness (QED) is 0.682. The van der Waals surface area contributed by atoms with Gasteiger partial charge in [0.05, 0.1) is 16.7 Å². The molecule has 2 heterocycles. The molecule has 7 nitrogen and oxygen atoms in total. The molecule has 3 N–H and O–H groups in total. The summed E-state index contributed by atoms with van der Waals surface area (Å²) in [4.78, 5) is 17.3. The molecule has 0 radical (unpaired) electrons. The molecule has 0 amide bonds. The molecular weight excluding hydrogens is 322 g/mol. The van der Waals surface area contributed by atoms with E-state index >= 15 is 0 Å². The number of aliphatic hydroxyl groups excluding tert-OH is 1. The second-order valence-electron chi connectivity index (χ2n) is 6.21. The number of non-ortho nitro benzene ring substituents is 1. The van der Waals surface area contributed by atoms with Gasteiger partial charge in [-0.05, 0) is 35.7 Å². The molecule has 2 aliphatic heterocycles. The molecular formula is C18H19N3O4. The molecule has 0 spiro atoms. The molecule has 2 atom stereocenters. The van der Waals surface area contributed by atoms with Gasteiger partial charge in [0.25, 0.3) is 5.69 Å². The smallest absolute Gasteiger partial charge is 0.269 e. The van der Waals surface area contributed by atoms with Crippen LogP contribution in [0.4, 0.5) is 11.4 Å². The van der Waals surface area contributed by atoms with Crippen molar-refractivity contribution in [1.29, 1.82) is 0 Å². The van der Waals surface area contributed by atoms with E-state index in [9.17, 15) is 15.2 Å². The summed E-state index contributed by atoms with van der Waals surface area (Å²) < 4.78 is 0. The monoisotopic (exact) mass is 341 g/mol. The van der Waals surface area contributed by atoms with Gasteiger partial charge in [0.1, 0.15) is 5.84 Å². The molecule has 1 fully saturated rings. The highest BCUT2D eigenvalue weighted by Gasteiger charge is 2.37. The van der Waals surface area contributed by atoms with Gasteiger partial charge in [0.15, 0.2) is 0 Å². The molecule has 1 saturated heterocycles. The van der Waals surface area contributed by atoms with Gasteiger partial charge in [-0.3, -0.25) is 10.1 Å². The fourth-order valence-electron chi connectivity index (χ4n) is 3.49. The molecule has 2 aliphatic rings. The minimum Gasteiger partial charge on any atom is -0.412 e. The molecule has 2 aromatic rings. The van der Waals surface area contributed by atoms with Crippen LogP contribution in [0.15, 0.2) is 53.5 Å². The van der Waals surface area contributed by atoms with E-state index in [0.717, 1.165) is 31.0 Å². The van der Waals surface area contributed by atoms with Gasteiger partial charge in [-0.2, -0.15) is 0 Å². The van der Waals surface area contributed by atoms with Gasteiger partial charge in [-0.25, -0.2) is 4.99 Å². The summed E-state index contributed by atoms with van der Waals surface area (Å²) in [5.74, 6) is 0.833. The van der Waals surface area contributed by atoms with Gasteiger partial charge in [0, 0.05) is 31.1 Å². The largest absolute Gasteiger partial charge is 0.412 e. The molecule has 25 heavy (non-hydrogen) atoms. The Labute approximate surface area is 144 Å². The van der Waals surface area contributed by atoms with Crippen molar-refractivity contribution in [3.63, 3.8) is 0 Å². The van der Waals surface area contributed by atoms with E-state index in [1.807, 2.05) is 18.2 Å². The lowest BCUT2D eigenvalue weighted by atomic mass is 9.93. The number of amidine groups is 1. The summed E-state index contributed by atoms with van der Waals surface area (Å²) in [7, 11) is 0. The fraction of sp³-hybridized carbons (Fsp3) is 0.278. The number of aliphatic imine (C=N–C) groups is 1. The van der Waals surface area contributed by atoms with E-state index in [1.54, 1.807) is 12.1 Å². The van der Waals surface area contributed by atoms with E-state index in [2.05, 4.69) is 11.0 Å². The van der Waals surface area contributed by atoms with Gasteiger partial charge in [-0.15, -0.1) is 0 Å². The van der Waals surface area contributed by atoms with Gasteiger partial charge < -0.3 is 15.5 Å². The zero-order valence-corrected chi connectivity index (χ0v) is 13.5.